The van der Waals surface area contributed by atoms with Crippen LogP contribution < -0.4 is 10.1 Å². The third kappa shape index (κ3) is 6.22. The Labute approximate surface area is 240 Å². The number of hydrogen-bond acceptors (Lipinski definition) is 9. The molecule has 0 aliphatic carbocycles. The number of aromatic hydroxyl groups is 1. The van der Waals surface area contributed by atoms with Gasteiger partial charge in [0.15, 0.2) is 11.6 Å². The van der Waals surface area contributed by atoms with Gasteiger partial charge in [-0.15, -0.1) is 10.2 Å². The third-order valence-corrected chi connectivity index (χ3v) is 6.26. The highest BCUT2D eigenvalue weighted by atomic mass is 16.5. The predicted molar refractivity (Wildman–Crippen MR) is 156 cm³/mol. The minimum Gasteiger partial charge on any atom is -0.505 e. The van der Waals surface area contributed by atoms with Crippen molar-refractivity contribution < 1.29 is 19.7 Å². The summed E-state index contributed by atoms with van der Waals surface area (Å²) in [5, 5.41) is 36.8. The van der Waals surface area contributed by atoms with Crippen LogP contribution in [0.3, 0.4) is 0 Å². The average molecular weight is 563 g/mol. The first kappa shape index (κ1) is 27.9. The van der Waals surface area contributed by atoms with E-state index >= 15 is 0 Å². The number of aliphatic hydroxyl groups excluding tert-OH is 1. The zero-order valence-corrected chi connectivity index (χ0v) is 22.4. The fourth-order valence-electron chi connectivity index (χ4n) is 4.16. The minimum absolute atomic E-state index is 0.00263. The molecule has 0 aliphatic rings. The summed E-state index contributed by atoms with van der Waals surface area (Å²) in [6.45, 7) is 8.20. The lowest BCUT2D eigenvalue weighted by Gasteiger charge is -2.12. The zero-order valence-electron chi connectivity index (χ0n) is 22.4. The predicted octanol–water partition coefficient (Wildman–Crippen LogP) is 6.28. The molecule has 3 aromatic carbocycles. The van der Waals surface area contributed by atoms with Crippen LogP contribution in [0.1, 0.15) is 29.6 Å². The fraction of sp³-hybridized carbons (Fsp3) is 0.167. The van der Waals surface area contributed by atoms with E-state index in [1.54, 1.807) is 54.6 Å². The number of phenols is 1. The van der Waals surface area contributed by atoms with Gasteiger partial charge in [-0.25, -0.2) is 14.8 Å². The van der Waals surface area contributed by atoms with Crippen molar-refractivity contribution in [1.29, 1.82) is 0 Å². The summed E-state index contributed by atoms with van der Waals surface area (Å²) in [5.41, 5.74) is 0.677. The summed E-state index contributed by atoms with van der Waals surface area (Å²) >= 11 is 0. The van der Waals surface area contributed by atoms with Crippen LogP contribution in [0.25, 0.3) is 21.6 Å². The number of aliphatic hydroxyl groups is 1. The number of ether oxygens (including phenoxy) is 1. The number of hydrogen-bond donors (Lipinski definition) is 3. The summed E-state index contributed by atoms with van der Waals surface area (Å²) in [7, 11) is 0. The number of benzene rings is 3. The summed E-state index contributed by atoms with van der Waals surface area (Å²) in [6.07, 6.45) is 6.85. The van der Waals surface area contributed by atoms with E-state index in [9.17, 15) is 9.90 Å². The van der Waals surface area contributed by atoms with Crippen molar-refractivity contribution in [2.75, 3.05) is 18.5 Å². The number of nitrogens with one attached hydrogen (secondary N) is 1. The molecular formula is C30H26N8O4. The Balaban J connectivity index is 1.42. The lowest BCUT2D eigenvalue weighted by atomic mass is 10.0. The molecule has 210 valence electrons. The van der Waals surface area contributed by atoms with Crippen LogP contribution in [0.15, 0.2) is 89.5 Å². The lowest BCUT2D eigenvalue weighted by molar-refractivity contribution is 0.102. The first-order valence-electron chi connectivity index (χ1n) is 13.1. The maximum absolute atomic E-state index is 13.3. The highest BCUT2D eigenvalue weighted by Crippen LogP contribution is 2.40. The second-order valence-electron chi connectivity index (χ2n) is 9.08. The SMILES string of the molecule is [C-]#[N+]c1cnn(-c2ncccn2)c1N=Nc1c(O)c(C(=O)Nc2ccc(OCCCCCO)cc2)cc2ccccc12. The van der Waals surface area contributed by atoms with Crippen LogP contribution in [-0.2, 0) is 0 Å². The number of phenolic OH excluding ortho intramolecular Hbond substituents is 1. The van der Waals surface area contributed by atoms with Crippen molar-refractivity contribution in [1.82, 2.24) is 19.7 Å². The maximum Gasteiger partial charge on any atom is 0.259 e. The molecule has 12 heteroatoms. The van der Waals surface area contributed by atoms with Crippen molar-refractivity contribution in [2.45, 2.75) is 19.3 Å². The van der Waals surface area contributed by atoms with Crippen molar-refractivity contribution in [3.05, 3.63) is 96.2 Å². The van der Waals surface area contributed by atoms with E-state index in [0.717, 1.165) is 19.3 Å². The van der Waals surface area contributed by atoms with E-state index in [0.29, 0.717) is 28.8 Å². The van der Waals surface area contributed by atoms with Gasteiger partial charge in [-0.3, -0.25) is 4.79 Å². The molecule has 0 atom stereocenters. The number of anilines is 1. The fourth-order valence-corrected chi connectivity index (χ4v) is 4.16. The van der Waals surface area contributed by atoms with Gasteiger partial charge < -0.3 is 20.3 Å². The van der Waals surface area contributed by atoms with E-state index in [1.165, 1.54) is 23.3 Å². The highest BCUT2D eigenvalue weighted by molar-refractivity contribution is 6.11. The Morgan fingerprint density at radius 3 is 2.57 bits per heavy atom. The average Bonchev–Trinajstić information content (AvgIpc) is 3.44. The van der Waals surface area contributed by atoms with E-state index in [-0.39, 0.29) is 41.1 Å². The Morgan fingerprint density at radius 2 is 1.81 bits per heavy atom. The van der Waals surface area contributed by atoms with Crippen molar-refractivity contribution in [3.8, 4) is 17.4 Å². The topological polar surface area (TPSA) is 151 Å². The number of rotatable bonds is 11. The quantitative estimate of drug-likeness (QED) is 0.0973. The molecule has 3 N–H and O–H groups in total. The Hall–Kier alpha value is -5.67. The van der Waals surface area contributed by atoms with Crippen molar-refractivity contribution in [3.63, 3.8) is 0 Å². The van der Waals surface area contributed by atoms with Crippen molar-refractivity contribution in [2.24, 2.45) is 10.2 Å². The van der Waals surface area contributed by atoms with E-state index in [1.807, 2.05) is 6.07 Å². The molecule has 12 nitrogen and oxygen atoms in total. The molecule has 0 aliphatic heterocycles. The van der Waals surface area contributed by atoms with Gasteiger partial charge in [0.1, 0.15) is 11.4 Å². The van der Waals surface area contributed by atoms with Gasteiger partial charge in [0, 0.05) is 30.1 Å². The molecule has 0 saturated heterocycles. The molecule has 0 unspecified atom stereocenters. The smallest absolute Gasteiger partial charge is 0.259 e. The standard InChI is InChI=1S/C30H26N8O4/c1-31-25-19-34-38(30-32-14-7-15-33-30)28(25)37-36-26-23-9-4-3-8-20(23)18-24(27(26)40)29(41)35-21-10-12-22(13-11-21)42-17-6-2-5-16-39/h3-4,7-15,18-19,39-40H,2,5-6,16-17H2,(H,35,41). The van der Waals surface area contributed by atoms with Gasteiger partial charge in [0.25, 0.3) is 17.5 Å². The molecule has 42 heavy (non-hydrogen) atoms. The van der Waals surface area contributed by atoms with E-state index < -0.39 is 5.91 Å². The summed E-state index contributed by atoms with van der Waals surface area (Å²) in [6, 6.07) is 17.3. The number of amides is 1. The number of aromatic nitrogens is 4. The monoisotopic (exact) mass is 562 g/mol. The summed E-state index contributed by atoms with van der Waals surface area (Å²) in [5.74, 6) is 0.0141. The highest BCUT2D eigenvalue weighted by Gasteiger charge is 2.20. The molecule has 1 amide bonds. The Kier molecular flexibility index (Phi) is 8.71. The summed E-state index contributed by atoms with van der Waals surface area (Å²) in [4.78, 5) is 25.1. The van der Waals surface area contributed by atoms with Gasteiger partial charge in [0.05, 0.1) is 24.9 Å². The van der Waals surface area contributed by atoms with Gasteiger partial charge in [-0.1, -0.05) is 24.3 Å². The van der Waals surface area contributed by atoms with Gasteiger partial charge in [-0.05, 0) is 61.0 Å². The maximum atomic E-state index is 13.3. The molecule has 0 fully saturated rings. The first-order chi connectivity index (χ1) is 20.6. The van der Waals surface area contributed by atoms with Crippen LogP contribution in [0, 0.1) is 6.57 Å². The normalized spacial score (nSPS) is 11.0. The number of fused-ring (bicyclic) bond motifs is 1. The molecule has 5 rings (SSSR count). The van der Waals surface area contributed by atoms with Crippen LogP contribution in [0.2, 0.25) is 0 Å². The second kappa shape index (κ2) is 13.1. The van der Waals surface area contributed by atoms with Crippen LogP contribution in [-0.4, -0.2) is 49.1 Å². The molecule has 0 bridgehead atoms. The third-order valence-electron chi connectivity index (χ3n) is 6.26. The van der Waals surface area contributed by atoms with E-state index in [2.05, 4.69) is 35.5 Å². The van der Waals surface area contributed by atoms with Crippen LogP contribution >= 0.6 is 0 Å². The molecule has 2 heterocycles. The number of carbonyl (C=O) groups excluding carboxylic acids is 1. The Bertz CT molecular complexity index is 1760. The molecule has 0 saturated carbocycles. The molecule has 5 aromatic rings. The van der Waals surface area contributed by atoms with Gasteiger partial charge in [-0.2, -0.15) is 9.78 Å². The Morgan fingerprint density at radius 1 is 1.02 bits per heavy atom. The van der Waals surface area contributed by atoms with E-state index in [4.69, 9.17) is 16.4 Å². The number of carbonyl (C=O) groups is 1. The summed E-state index contributed by atoms with van der Waals surface area (Å²) < 4.78 is 6.97. The largest absolute Gasteiger partial charge is 0.505 e. The molecular weight excluding hydrogens is 536 g/mol. The van der Waals surface area contributed by atoms with Gasteiger partial charge in [0.2, 0.25) is 0 Å². The van der Waals surface area contributed by atoms with Gasteiger partial charge >= 0.3 is 0 Å². The first-order valence-corrected chi connectivity index (χ1v) is 13.1. The number of unbranched alkanes of at least 4 members (excludes halogenated alkanes) is 2. The lowest BCUT2D eigenvalue weighted by Crippen LogP contribution is -2.12. The van der Waals surface area contributed by atoms with Crippen LogP contribution in [0.5, 0.6) is 11.5 Å². The molecule has 2 aromatic heterocycles. The number of nitrogens with zero attached hydrogens (tertiary/aromatic N) is 7. The zero-order chi connectivity index (χ0) is 29.3. The molecule has 0 spiro atoms. The molecule has 0 radical (unpaired) electrons. The van der Waals surface area contributed by atoms with Crippen molar-refractivity contribution >= 4 is 39.6 Å². The second-order valence-corrected chi connectivity index (χ2v) is 9.08. The number of azo groups is 1. The minimum atomic E-state index is -0.544. The van der Waals surface area contributed by atoms with Crippen LogP contribution in [0.4, 0.5) is 22.9 Å².